The van der Waals surface area contributed by atoms with Crippen molar-refractivity contribution in [3.63, 3.8) is 0 Å². The number of hydrogen-bond acceptors (Lipinski definition) is 5. The molecule has 1 aromatic heterocycles. The lowest BCUT2D eigenvalue weighted by Crippen LogP contribution is -2.39. The molecule has 0 aromatic carbocycles. The Morgan fingerprint density at radius 2 is 2.06 bits per heavy atom. The number of nitrogens with one attached hydrogen (secondary N) is 2. The molecule has 1 saturated heterocycles. The Morgan fingerprint density at radius 3 is 2.61 bits per heavy atom. The van der Waals surface area contributed by atoms with Crippen LogP contribution in [0.2, 0.25) is 0 Å². The van der Waals surface area contributed by atoms with E-state index in [0.717, 1.165) is 0 Å². The highest BCUT2D eigenvalue weighted by atomic mass is 32.2. The van der Waals surface area contributed by atoms with Crippen LogP contribution in [0, 0.1) is 0 Å². The van der Waals surface area contributed by atoms with Crippen LogP contribution in [0.4, 0.5) is 0 Å². The van der Waals surface area contributed by atoms with E-state index in [0.29, 0.717) is 5.69 Å². The van der Waals surface area contributed by atoms with Gasteiger partial charge in [-0.15, -0.1) is 0 Å². The molecule has 7 nitrogen and oxygen atoms in total. The average molecular weight is 293 g/mol. The SMILES string of the molecule is O=S1(=O)CCC(S(=O)(=O)NCc2ccn[nH]2)CC1. The molecular weight excluding hydrogens is 278 g/mol. The fraction of sp³-hybridized carbons (Fsp3) is 0.667. The molecule has 1 aromatic rings. The summed E-state index contributed by atoms with van der Waals surface area (Å²) in [7, 11) is -6.51. The van der Waals surface area contributed by atoms with Crippen LogP contribution >= 0.6 is 0 Å². The monoisotopic (exact) mass is 293 g/mol. The minimum absolute atomic E-state index is 0.0529. The molecule has 2 N–H and O–H groups in total. The van der Waals surface area contributed by atoms with Crippen LogP contribution in [-0.2, 0) is 26.4 Å². The molecule has 1 aliphatic heterocycles. The largest absolute Gasteiger partial charge is 0.281 e. The Balaban J connectivity index is 1.95. The lowest BCUT2D eigenvalue weighted by atomic mass is 10.2. The second kappa shape index (κ2) is 4.98. The lowest BCUT2D eigenvalue weighted by Gasteiger charge is -2.22. The van der Waals surface area contributed by atoms with Crippen molar-refractivity contribution >= 4 is 19.9 Å². The van der Waals surface area contributed by atoms with Crippen LogP contribution < -0.4 is 4.72 Å². The molecule has 18 heavy (non-hydrogen) atoms. The summed E-state index contributed by atoms with van der Waals surface area (Å²) in [5.41, 5.74) is 0.669. The van der Waals surface area contributed by atoms with Crippen LogP contribution in [0.25, 0.3) is 0 Å². The molecule has 1 aliphatic rings. The minimum atomic E-state index is -3.47. The van der Waals surface area contributed by atoms with Gasteiger partial charge in [-0.05, 0) is 18.9 Å². The van der Waals surface area contributed by atoms with Crippen LogP contribution in [0.5, 0.6) is 0 Å². The molecule has 2 rings (SSSR count). The van der Waals surface area contributed by atoms with Gasteiger partial charge in [-0.25, -0.2) is 21.6 Å². The van der Waals surface area contributed by atoms with E-state index >= 15 is 0 Å². The van der Waals surface area contributed by atoms with Gasteiger partial charge in [-0.2, -0.15) is 5.10 Å². The van der Waals surface area contributed by atoms with Crippen LogP contribution in [0.3, 0.4) is 0 Å². The molecular formula is C9H15N3O4S2. The summed E-state index contributed by atoms with van der Waals surface area (Å²) >= 11 is 0. The minimum Gasteiger partial charge on any atom is -0.281 e. The number of sulfonamides is 1. The number of rotatable bonds is 4. The third kappa shape index (κ3) is 3.30. The number of aromatic amines is 1. The van der Waals surface area contributed by atoms with E-state index in [2.05, 4.69) is 14.9 Å². The molecule has 1 fully saturated rings. The van der Waals surface area contributed by atoms with Gasteiger partial charge in [0, 0.05) is 6.20 Å². The van der Waals surface area contributed by atoms with E-state index in [1.165, 1.54) is 6.20 Å². The van der Waals surface area contributed by atoms with E-state index in [-0.39, 0.29) is 30.9 Å². The predicted octanol–water partition coefficient (Wildman–Crippen LogP) is -0.594. The summed E-state index contributed by atoms with van der Waals surface area (Å²) in [6.07, 6.45) is 1.87. The number of sulfone groups is 1. The van der Waals surface area contributed by atoms with E-state index < -0.39 is 25.1 Å². The lowest BCUT2D eigenvalue weighted by molar-refractivity contribution is 0.541. The van der Waals surface area contributed by atoms with Crippen molar-refractivity contribution in [3.8, 4) is 0 Å². The highest BCUT2D eigenvalue weighted by Gasteiger charge is 2.32. The van der Waals surface area contributed by atoms with Crippen molar-refractivity contribution in [1.82, 2.24) is 14.9 Å². The fourth-order valence-corrected chi connectivity index (χ4v) is 5.10. The van der Waals surface area contributed by atoms with Gasteiger partial charge in [0.05, 0.1) is 29.0 Å². The van der Waals surface area contributed by atoms with Gasteiger partial charge in [-0.3, -0.25) is 5.10 Å². The Bertz CT molecular complexity index is 578. The van der Waals surface area contributed by atoms with Gasteiger partial charge in [0.2, 0.25) is 10.0 Å². The zero-order valence-corrected chi connectivity index (χ0v) is 11.3. The van der Waals surface area contributed by atoms with E-state index in [1.807, 2.05) is 0 Å². The van der Waals surface area contributed by atoms with Gasteiger partial charge in [0.15, 0.2) is 0 Å². The van der Waals surface area contributed by atoms with E-state index in [9.17, 15) is 16.8 Å². The maximum atomic E-state index is 12.0. The van der Waals surface area contributed by atoms with Gasteiger partial charge in [-0.1, -0.05) is 0 Å². The average Bonchev–Trinajstić information content (AvgIpc) is 2.79. The predicted molar refractivity (Wildman–Crippen MR) is 66.0 cm³/mol. The first-order chi connectivity index (χ1) is 8.39. The Morgan fingerprint density at radius 1 is 1.39 bits per heavy atom. The number of H-pyrrole nitrogens is 1. The van der Waals surface area contributed by atoms with Crippen LogP contribution in [-0.4, -0.2) is 43.8 Å². The quantitative estimate of drug-likeness (QED) is 0.771. The Hall–Kier alpha value is -0.930. The highest BCUT2D eigenvalue weighted by Crippen LogP contribution is 2.18. The molecule has 0 atom stereocenters. The standard InChI is InChI=1S/C9H15N3O4S2/c13-17(14)5-2-9(3-6-17)18(15,16)11-7-8-1-4-10-12-8/h1,4,9,11H,2-3,5-7H2,(H,10,12). The summed E-state index contributed by atoms with van der Waals surface area (Å²) in [6.45, 7) is 0.144. The first kappa shape index (κ1) is 13.5. The molecule has 0 amide bonds. The first-order valence-corrected chi connectivity index (χ1v) is 8.93. The summed E-state index contributed by atoms with van der Waals surface area (Å²) in [5.74, 6) is -0.106. The topological polar surface area (TPSA) is 109 Å². The first-order valence-electron chi connectivity index (χ1n) is 5.56. The Labute approximate surface area is 106 Å². The van der Waals surface area contributed by atoms with Crippen LogP contribution in [0.15, 0.2) is 12.3 Å². The highest BCUT2D eigenvalue weighted by molar-refractivity contribution is 7.92. The number of hydrogen-bond donors (Lipinski definition) is 2. The fourth-order valence-electron chi connectivity index (χ4n) is 1.86. The molecule has 2 heterocycles. The summed E-state index contributed by atoms with van der Waals surface area (Å²) in [5, 5.41) is 5.75. The smallest absolute Gasteiger partial charge is 0.214 e. The van der Waals surface area contributed by atoms with Crippen molar-refractivity contribution < 1.29 is 16.8 Å². The van der Waals surface area contributed by atoms with Gasteiger partial charge < -0.3 is 0 Å². The van der Waals surface area contributed by atoms with Crippen molar-refractivity contribution in [2.75, 3.05) is 11.5 Å². The molecule has 0 radical (unpaired) electrons. The van der Waals surface area contributed by atoms with Crippen molar-refractivity contribution in [2.45, 2.75) is 24.6 Å². The molecule has 0 aliphatic carbocycles. The van der Waals surface area contributed by atoms with Crippen molar-refractivity contribution in [1.29, 1.82) is 0 Å². The van der Waals surface area contributed by atoms with Gasteiger partial charge in [0.1, 0.15) is 9.84 Å². The van der Waals surface area contributed by atoms with Crippen molar-refractivity contribution in [3.05, 3.63) is 18.0 Å². The van der Waals surface area contributed by atoms with Crippen LogP contribution in [0.1, 0.15) is 18.5 Å². The number of nitrogens with zero attached hydrogens (tertiary/aromatic N) is 1. The Kier molecular flexibility index (Phi) is 3.74. The van der Waals surface area contributed by atoms with E-state index in [4.69, 9.17) is 0 Å². The van der Waals surface area contributed by atoms with E-state index in [1.54, 1.807) is 6.07 Å². The summed E-state index contributed by atoms with van der Waals surface area (Å²) < 4.78 is 48.8. The van der Waals surface area contributed by atoms with Gasteiger partial charge >= 0.3 is 0 Å². The normalized spacial score (nSPS) is 20.9. The summed E-state index contributed by atoms with van der Waals surface area (Å²) in [4.78, 5) is 0. The molecule has 0 saturated carbocycles. The zero-order valence-electron chi connectivity index (χ0n) is 9.66. The van der Waals surface area contributed by atoms with Crippen molar-refractivity contribution in [2.24, 2.45) is 0 Å². The zero-order chi connectivity index (χ0) is 13.2. The molecule has 0 unspecified atom stereocenters. The second-order valence-corrected chi connectivity index (χ2v) is 8.65. The maximum absolute atomic E-state index is 12.0. The van der Waals surface area contributed by atoms with Gasteiger partial charge in [0.25, 0.3) is 0 Å². The third-order valence-electron chi connectivity index (χ3n) is 2.96. The molecule has 0 spiro atoms. The molecule has 9 heteroatoms. The third-order valence-corrected chi connectivity index (χ3v) is 6.57. The molecule has 102 valence electrons. The summed E-state index contributed by atoms with van der Waals surface area (Å²) in [6, 6.07) is 1.67. The second-order valence-electron chi connectivity index (χ2n) is 4.30. The molecule has 0 bridgehead atoms. The number of aromatic nitrogens is 2. The maximum Gasteiger partial charge on any atom is 0.214 e.